The Morgan fingerprint density at radius 3 is 2.64 bits per heavy atom. The summed E-state index contributed by atoms with van der Waals surface area (Å²) in [6, 6.07) is 9.12. The molecule has 1 aliphatic carbocycles. The van der Waals surface area contributed by atoms with Crippen LogP contribution in [0.1, 0.15) is 34.9 Å². The second-order valence-electron chi connectivity index (χ2n) is 5.56. The highest BCUT2D eigenvalue weighted by atomic mass is 16.3. The second kappa shape index (κ2) is 6.11. The molecular weight excluding hydrogens is 280 g/mol. The maximum atomic E-state index is 11.1. The van der Waals surface area contributed by atoms with E-state index in [2.05, 4.69) is 15.3 Å². The van der Waals surface area contributed by atoms with Crippen molar-refractivity contribution in [2.75, 3.05) is 5.32 Å². The molecule has 1 amide bonds. The highest BCUT2D eigenvalue weighted by Gasteiger charge is 2.35. The first kappa shape index (κ1) is 14.5. The van der Waals surface area contributed by atoms with Gasteiger partial charge in [0.2, 0.25) is 5.91 Å². The number of hydrogen-bond donors (Lipinski definition) is 3. The molecule has 0 spiro atoms. The van der Waals surface area contributed by atoms with Crippen molar-refractivity contribution in [3.63, 3.8) is 0 Å². The van der Waals surface area contributed by atoms with E-state index >= 15 is 0 Å². The normalized spacial score (nSPS) is 21.7. The summed E-state index contributed by atoms with van der Waals surface area (Å²) in [6.07, 6.45) is 4.46. The average molecular weight is 298 g/mol. The van der Waals surface area contributed by atoms with Gasteiger partial charge in [-0.3, -0.25) is 9.78 Å². The van der Waals surface area contributed by atoms with Crippen molar-refractivity contribution in [1.82, 2.24) is 9.97 Å². The number of aromatic nitrogens is 2. The lowest BCUT2D eigenvalue weighted by molar-refractivity contribution is 0.0333. The van der Waals surface area contributed by atoms with E-state index in [4.69, 9.17) is 5.73 Å². The number of carbonyl (C=O) groups excluding carboxylic acids is 1. The van der Waals surface area contributed by atoms with E-state index in [1.165, 1.54) is 6.20 Å². The molecule has 0 bridgehead atoms. The monoisotopic (exact) mass is 298 g/mol. The van der Waals surface area contributed by atoms with Gasteiger partial charge in [-0.05, 0) is 43.0 Å². The highest BCUT2D eigenvalue weighted by molar-refractivity contribution is 5.92. The third-order valence-corrected chi connectivity index (χ3v) is 3.98. The van der Waals surface area contributed by atoms with Gasteiger partial charge >= 0.3 is 0 Å². The second-order valence-corrected chi connectivity index (χ2v) is 5.56. The minimum absolute atomic E-state index is 0.0171. The van der Waals surface area contributed by atoms with Gasteiger partial charge in [0.25, 0.3) is 0 Å². The van der Waals surface area contributed by atoms with Gasteiger partial charge in [-0.1, -0.05) is 6.07 Å². The van der Waals surface area contributed by atoms with E-state index in [1.54, 1.807) is 18.3 Å². The quantitative estimate of drug-likeness (QED) is 0.776. The molecule has 2 aromatic heterocycles. The van der Waals surface area contributed by atoms with Crippen molar-refractivity contribution in [2.24, 2.45) is 11.7 Å². The van der Waals surface area contributed by atoms with Crippen LogP contribution in [0, 0.1) is 5.92 Å². The average Bonchev–Trinajstić information content (AvgIpc) is 2.51. The number of aliphatic hydroxyl groups excluding tert-OH is 1. The van der Waals surface area contributed by atoms with Crippen LogP contribution in [-0.4, -0.2) is 27.1 Å². The van der Waals surface area contributed by atoms with Crippen LogP contribution in [0.3, 0.4) is 0 Å². The van der Waals surface area contributed by atoms with Crippen LogP contribution in [0.15, 0.2) is 42.7 Å². The maximum absolute atomic E-state index is 11.1. The maximum Gasteiger partial charge on any atom is 0.250 e. The Hall–Kier alpha value is -2.47. The number of pyridine rings is 2. The fourth-order valence-electron chi connectivity index (χ4n) is 2.68. The zero-order valence-corrected chi connectivity index (χ0v) is 12.0. The summed E-state index contributed by atoms with van der Waals surface area (Å²) in [4.78, 5) is 19.7. The molecule has 1 unspecified atom stereocenters. The molecule has 0 aromatic carbocycles. The van der Waals surface area contributed by atoms with Crippen molar-refractivity contribution in [2.45, 2.75) is 25.0 Å². The van der Waals surface area contributed by atoms with Crippen LogP contribution in [0.4, 0.5) is 5.82 Å². The molecule has 1 fully saturated rings. The molecule has 0 aliphatic heterocycles. The van der Waals surface area contributed by atoms with Crippen LogP contribution >= 0.6 is 0 Å². The summed E-state index contributed by atoms with van der Waals surface area (Å²) in [5, 5.41) is 12.9. The number of nitrogens with one attached hydrogen (secondary N) is 1. The molecule has 2 aromatic rings. The number of anilines is 1. The first-order valence-corrected chi connectivity index (χ1v) is 7.25. The molecule has 4 N–H and O–H groups in total. The van der Waals surface area contributed by atoms with Gasteiger partial charge in [0, 0.05) is 12.4 Å². The van der Waals surface area contributed by atoms with Gasteiger partial charge in [0.15, 0.2) is 0 Å². The Morgan fingerprint density at radius 1 is 1.27 bits per heavy atom. The number of nitrogens with zero attached hydrogens (tertiary/aromatic N) is 2. The zero-order valence-electron chi connectivity index (χ0n) is 12.0. The van der Waals surface area contributed by atoms with E-state index in [9.17, 15) is 9.90 Å². The largest absolute Gasteiger partial charge is 0.393 e. The van der Waals surface area contributed by atoms with Crippen molar-refractivity contribution < 1.29 is 9.90 Å². The number of nitrogens with two attached hydrogens (primary N) is 1. The Morgan fingerprint density at radius 2 is 2.09 bits per heavy atom. The molecule has 1 aliphatic rings. The highest BCUT2D eigenvalue weighted by Crippen LogP contribution is 2.39. The van der Waals surface area contributed by atoms with Crippen molar-refractivity contribution in [3.05, 3.63) is 54.0 Å². The third kappa shape index (κ3) is 3.07. The van der Waals surface area contributed by atoms with E-state index in [0.717, 1.165) is 18.5 Å². The number of carbonyl (C=O) groups is 1. The lowest BCUT2D eigenvalue weighted by Crippen LogP contribution is -2.36. The molecule has 3 rings (SSSR count). The van der Waals surface area contributed by atoms with Crippen molar-refractivity contribution in [1.29, 1.82) is 0 Å². The minimum Gasteiger partial charge on any atom is -0.393 e. The Kier molecular flexibility index (Phi) is 4.02. The lowest BCUT2D eigenvalue weighted by Gasteiger charge is -2.38. The first-order chi connectivity index (χ1) is 10.6. The smallest absolute Gasteiger partial charge is 0.250 e. The SMILES string of the molecule is NC(=O)c1ccc(NC(c2ccccn2)C2CC(O)C2)nc1. The van der Waals surface area contributed by atoms with E-state index < -0.39 is 5.91 Å². The summed E-state index contributed by atoms with van der Waals surface area (Å²) in [7, 11) is 0. The molecule has 0 radical (unpaired) electrons. The molecule has 22 heavy (non-hydrogen) atoms. The predicted molar refractivity (Wildman–Crippen MR) is 82.1 cm³/mol. The fraction of sp³-hybridized carbons (Fsp3) is 0.312. The van der Waals surface area contributed by atoms with Crippen molar-refractivity contribution in [3.8, 4) is 0 Å². The summed E-state index contributed by atoms with van der Waals surface area (Å²) < 4.78 is 0. The number of hydrogen-bond acceptors (Lipinski definition) is 5. The van der Waals surface area contributed by atoms with Crippen LogP contribution < -0.4 is 11.1 Å². The van der Waals surface area contributed by atoms with E-state index in [-0.39, 0.29) is 12.1 Å². The van der Waals surface area contributed by atoms with Gasteiger partial charge in [-0.2, -0.15) is 0 Å². The molecule has 1 saturated carbocycles. The lowest BCUT2D eigenvalue weighted by atomic mass is 9.76. The summed E-state index contributed by atoms with van der Waals surface area (Å²) in [5.41, 5.74) is 6.50. The molecule has 6 nitrogen and oxygen atoms in total. The summed E-state index contributed by atoms with van der Waals surface area (Å²) >= 11 is 0. The van der Waals surface area contributed by atoms with Crippen LogP contribution in [0.25, 0.3) is 0 Å². The minimum atomic E-state index is -0.498. The third-order valence-electron chi connectivity index (χ3n) is 3.98. The number of rotatable bonds is 5. The van der Waals surface area contributed by atoms with Crippen LogP contribution in [-0.2, 0) is 0 Å². The standard InChI is InChI=1S/C16H18N4O2/c17-16(22)10-4-5-14(19-9-10)20-15(11-7-12(21)8-11)13-3-1-2-6-18-13/h1-6,9,11-12,15,21H,7-8H2,(H2,17,22)(H,19,20). The van der Waals surface area contributed by atoms with Gasteiger partial charge in [-0.25, -0.2) is 4.98 Å². The number of amides is 1. The van der Waals surface area contributed by atoms with Gasteiger partial charge in [0.1, 0.15) is 5.82 Å². The molecular formula is C16H18N4O2. The summed E-state index contributed by atoms with van der Waals surface area (Å²) in [6.45, 7) is 0. The Labute approximate surface area is 128 Å². The molecule has 0 saturated heterocycles. The molecule has 1 atom stereocenters. The fourth-order valence-corrected chi connectivity index (χ4v) is 2.68. The number of aliphatic hydroxyl groups is 1. The number of primary amides is 1. The van der Waals surface area contributed by atoms with Gasteiger partial charge < -0.3 is 16.2 Å². The molecule has 114 valence electrons. The predicted octanol–water partition coefficient (Wildman–Crippen LogP) is 1.50. The van der Waals surface area contributed by atoms with E-state index in [0.29, 0.717) is 17.3 Å². The molecule has 6 heteroatoms. The topological polar surface area (TPSA) is 101 Å². The molecule has 2 heterocycles. The van der Waals surface area contributed by atoms with Crippen molar-refractivity contribution >= 4 is 11.7 Å². The summed E-state index contributed by atoms with van der Waals surface area (Å²) in [5.74, 6) is 0.465. The van der Waals surface area contributed by atoms with E-state index in [1.807, 2.05) is 18.2 Å². The Balaban J connectivity index is 1.79. The van der Waals surface area contributed by atoms with Gasteiger partial charge in [-0.15, -0.1) is 0 Å². The zero-order chi connectivity index (χ0) is 15.5. The Bertz CT molecular complexity index is 639. The van der Waals surface area contributed by atoms with Gasteiger partial charge in [0.05, 0.1) is 23.4 Å². The van der Waals surface area contributed by atoms with Crippen LogP contribution in [0.2, 0.25) is 0 Å². The first-order valence-electron chi connectivity index (χ1n) is 7.25. The van der Waals surface area contributed by atoms with Crippen LogP contribution in [0.5, 0.6) is 0 Å².